The van der Waals surface area contributed by atoms with E-state index < -0.39 is 10.4 Å². The number of aliphatic hydroxyl groups is 1. The van der Waals surface area contributed by atoms with Crippen LogP contribution in [0.15, 0.2) is 0 Å². The zero-order valence-electron chi connectivity index (χ0n) is 7.10. The predicted octanol–water partition coefficient (Wildman–Crippen LogP) is 0.258. The summed E-state index contributed by atoms with van der Waals surface area (Å²) in [5.41, 5.74) is 0. The van der Waals surface area contributed by atoms with E-state index in [4.69, 9.17) is 22.6 Å². The van der Waals surface area contributed by atoms with E-state index in [-0.39, 0.29) is 29.6 Å². The van der Waals surface area contributed by atoms with Crippen LogP contribution in [-0.2, 0) is 10.4 Å². The summed E-state index contributed by atoms with van der Waals surface area (Å²) in [4.78, 5) is 0. The molecule has 0 amide bonds. The molecule has 0 rings (SSSR count). The maximum absolute atomic E-state index is 8.74. The van der Waals surface area contributed by atoms with Gasteiger partial charge in [-0.2, -0.15) is 8.42 Å². The van der Waals surface area contributed by atoms with Crippen molar-refractivity contribution < 1.29 is 22.6 Å². The first-order chi connectivity index (χ1) is 5.41. The number of hydrogen-bond acceptors (Lipinski definition) is 3. The van der Waals surface area contributed by atoms with E-state index in [1.54, 1.807) is 0 Å². The zero-order valence-corrected chi connectivity index (χ0v) is 7.92. The molecule has 3 N–H and O–H groups in total. The molecular formula is C6H17NaO5S. The van der Waals surface area contributed by atoms with Gasteiger partial charge in [-0.3, -0.25) is 9.11 Å². The summed E-state index contributed by atoms with van der Waals surface area (Å²) in [6, 6.07) is 0. The molecule has 0 saturated carbocycles. The molecule has 0 aliphatic heterocycles. The molecular weight excluding hydrogens is 207 g/mol. The van der Waals surface area contributed by atoms with E-state index in [2.05, 4.69) is 6.92 Å². The Hall–Kier alpha value is 0.830. The fraction of sp³-hybridized carbons (Fsp3) is 1.00. The minimum atomic E-state index is -4.67. The molecule has 0 atom stereocenters. The van der Waals surface area contributed by atoms with Crippen LogP contribution in [0.5, 0.6) is 0 Å². The van der Waals surface area contributed by atoms with Gasteiger partial charge in [0.2, 0.25) is 0 Å². The molecule has 0 bridgehead atoms. The predicted molar refractivity (Wildman–Crippen MR) is 52.6 cm³/mol. The van der Waals surface area contributed by atoms with Gasteiger partial charge < -0.3 is 5.11 Å². The molecule has 0 heterocycles. The van der Waals surface area contributed by atoms with Gasteiger partial charge in [0.25, 0.3) is 0 Å². The first-order valence-corrected chi connectivity index (χ1v) is 5.12. The van der Waals surface area contributed by atoms with Gasteiger partial charge in [0.05, 0.1) is 0 Å². The van der Waals surface area contributed by atoms with Crippen molar-refractivity contribution in [2.24, 2.45) is 0 Å². The molecule has 0 aliphatic carbocycles. The van der Waals surface area contributed by atoms with Crippen LogP contribution >= 0.6 is 0 Å². The second kappa shape index (κ2) is 12.8. The van der Waals surface area contributed by atoms with Crippen molar-refractivity contribution in [3.05, 3.63) is 0 Å². The van der Waals surface area contributed by atoms with Crippen LogP contribution in [-0.4, -0.2) is 58.8 Å². The molecule has 0 aliphatic rings. The minimum absolute atomic E-state index is 0. The molecule has 0 aromatic rings. The Morgan fingerprint density at radius 2 is 1.46 bits per heavy atom. The molecule has 0 radical (unpaired) electrons. The van der Waals surface area contributed by atoms with Gasteiger partial charge in [0.1, 0.15) is 0 Å². The van der Waals surface area contributed by atoms with Gasteiger partial charge in [-0.25, -0.2) is 0 Å². The molecule has 78 valence electrons. The van der Waals surface area contributed by atoms with E-state index in [9.17, 15) is 0 Å². The Morgan fingerprint density at radius 3 is 1.69 bits per heavy atom. The Morgan fingerprint density at radius 1 is 1.08 bits per heavy atom. The van der Waals surface area contributed by atoms with Gasteiger partial charge in [-0.1, -0.05) is 26.2 Å². The maximum atomic E-state index is 8.74. The fourth-order valence-corrected chi connectivity index (χ4v) is 0.539. The van der Waals surface area contributed by atoms with E-state index in [1.165, 1.54) is 19.3 Å². The van der Waals surface area contributed by atoms with Crippen molar-refractivity contribution in [3.63, 3.8) is 0 Å². The van der Waals surface area contributed by atoms with Crippen LogP contribution in [0.2, 0.25) is 0 Å². The Labute approximate surface area is 101 Å². The van der Waals surface area contributed by atoms with Gasteiger partial charge in [0.15, 0.2) is 0 Å². The Kier molecular flexibility index (Phi) is 19.2. The summed E-state index contributed by atoms with van der Waals surface area (Å²) in [6.45, 7) is 2.53. The quantitative estimate of drug-likeness (QED) is 0.361. The first-order valence-electron chi connectivity index (χ1n) is 3.72. The molecule has 0 spiro atoms. The van der Waals surface area contributed by atoms with Gasteiger partial charge in [-0.15, -0.1) is 0 Å². The van der Waals surface area contributed by atoms with Crippen molar-refractivity contribution >= 4 is 40.0 Å². The molecule has 0 fully saturated rings. The van der Waals surface area contributed by atoms with Crippen LogP contribution in [0, 0.1) is 0 Å². The standard InChI is InChI=1S/C6H14O.Na.H2O4S.H/c1-2-3-4-5-6-7;;1-5(2,3)4;/h7H,2-6H2,1H3;;(H2,1,2,3,4);. The monoisotopic (exact) mass is 224 g/mol. The summed E-state index contributed by atoms with van der Waals surface area (Å²) in [5, 5.41) is 8.29. The number of hydrogen-bond donors (Lipinski definition) is 3. The summed E-state index contributed by atoms with van der Waals surface area (Å²) in [6.07, 6.45) is 4.68. The van der Waals surface area contributed by atoms with Crippen molar-refractivity contribution in [2.45, 2.75) is 32.6 Å². The van der Waals surface area contributed by atoms with E-state index in [0.717, 1.165) is 6.42 Å². The van der Waals surface area contributed by atoms with E-state index in [1.807, 2.05) is 0 Å². The van der Waals surface area contributed by atoms with Crippen LogP contribution in [0.25, 0.3) is 0 Å². The van der Waals surface area contributed by atoms with Crippen LogP contribution < -0.4 is 0 Å². The molecule has 0 saturated heterocycles. The first kappa shape index (κ1) is 19.4. The second-order valence-electron chi connectivity index (χ2n) is 2.23. The summed E-state index contributed by atoms with van der Waals surface area (Å²) in [7, 11) is -4.67. The van der Waals surface area contributed by atoms with Crippen molar-refractivity contribution in [1.29, 1.82) is 0 Å². The third-order valence-electron chi connectivity index (χ3n) is 1.01. The van der Waals surface area contributed by atoms with Crippen molar-refractivity contribution in [1.82, 2.24) is 0 Å². The fourth-order valence-electron chi connectivity index (χ4n) is 0.539. The Bertz CT molecular complexity index is 156. The summed E-state index contributed by atoms with van der Waals surface area (Å²) < 4.78 is 31.6. The summed E-state index contributed by atoms with van der Waals surface area (Å²) >= 11 is 0. The van der Waals surface area contributed by atoms with E-state index >= 15 is 0 Å². The third kappa shape index (κ3) is 64.5. The van der Waals surface area contributed by atoms with Crippen LogP contribution in [0.1, 0.15) is 32.6 Å². The average molecular weight is 224 g/mol. The number of aliphatic hydroxyl groups excluding tert-OH is 1. The molecule has 13 heavy (non-hydrogen) atoms. The SMILES string of the molecule is CCCCCCO.O=S(=O)(O)O.[NaH]. The summed E-state index contributed by atoms with van der Waals surface area (Å²) in [5.74, 6) is 0. The van der Waals surface area contributed by atoms with Gasteiger partial charge in [0, 0.05) is 6.61 Å². The van der Waals surface area contributed by atoms with Gasteiger partial charge >= 0.3 is 40.0 Å². The molecule has 0 unspecified atom stereocenters. The van der Waals surface area contributed by atoms with E-state index in [0.29, 0.717) is 6.61 Å². The molecule has 7 heteroatoms. The number of rotatable bonds is 4. The van der Waals surface area contributed by atoms with Crippen molar-refractivity contribution in [3.8, 4) is 0 Å². The van der Waals surface area contributed by atoms with Crippen molar-refractivity contribution in [2.75, 3.05) is 6.61 Å². The molecule has 0 aromatic heterocycles. The van der Waals surface area contributed by atoms with Crippen LogP contribution in [0.4, 0.5) is 0 Å². The second-order valence-corrected chi connectivity index (χ2v) is 3.13. The molecule has 5 nitrogen and oxygen atoms in total. The molecule has 0 aromatic carbocycles. The number of unbranched alkanes of at least 4 members (excludes halogenated alkanes) is 3. The topological polar surface area (TPSA) is 94.8 Å². The average Bonchev–Trinajstić information content (AvgIpc) is 1.85. The normalized spacial score (nSPS) is 9.54. The van der Waals surface area contributed by atoms with Crippen LogP contribution in [0.3, 0.4) is 0 Å². The Balaban J connectivity index is -0.000000150. The van der Waals surface area contributed by atoms with Gasteiger partial charge in [-0.05, 0) is 6.42 Å². The third-order valence-corrected chi connectivity index (χ3v) is 1.01. The zero-order chi connectivity index (χ0) is 10.0.